The fourth-order valence-corrected chi connectivity index (χ4v) is 2.43. The van der Waals surface area contributed by atoms with Gasteiger partial charge in [0.1, 0.15) is 0 Å². The molecule has 1 unspecified atom stereocenters. The lowest BCUT2D eigenvalue weighted by atomic mass is 9.97. The minimum atomic E-state index is -0.00395. The molecule has 1 aliphatic carbocycles. The molecule has 0 amide bonds. The molecule has 1 aliphatic rings. The first-order valence-corrected chi connectivity index (χ1v) is 6.13. The molecule has 2 rings (SSSR count). The second-order valence-electron chi connectivity index (χ2n) is 4.52. The summed E-state index contributed by atoms with van der Waals surface area (Å²) >= 11 is 1.74. The van der Waals surface area contributed by atoms with E-state index in [1.807, 2.05) is 0 Å². The summed E-state index contributed by atoms with van der Waals surface area (Å²) < 4.78 is 0. The predicted molar refractivity (Wildman–Crippen MR) is 61.3 cm³/mol. The van der Waals surface area contributed by atoms with Crippen molar-refractivity contribution in [3.8, 4) is 0 Å². The summed E-state index contributed by atoms with van der Waals surface area (Å²) in [5.41, 5.74) is 7.56. The summed E-state index contributed by atoms with van der Waals surface area (Å²) in [7, 11) is 0. The van der Waals surface area contributed by atoms with Crippen LogP contribution in [0.2, 0.25) is 0 Å². The third-order valence-corrected chi connectivity index (χ3v) is 3.66. The molecule has 1 fully saturated rings. The van der Waals surface area contributed by atoms with Crippen LogP contribution in [0.3, 0.4) is 0 Å². The van der Waals surface area contributed by atoms with Crippen LogP contribution in [-0.2, 0) is 6.54 Å². The summed E-state index contributed by atoms with van der Waals surface area (Å²) in [4.78, 5) is 0. The van der Waals surface area contributed by atoms with E-state index >= 15 is 0 Å². The van der Waals surface area contributed by atoms with Crippen molar-refractivity contribution in [3.63, 3.8) is 0 Å². The van der Waals surface area contributed by atoms with E-state index in [0.717, 1.165) is 19.0 Å². The van der Waals surface area contributed by atoms with E-state index < -0.39 is 0 Å². The molecule has 0 aromatic carbocycles. The Labute approximate surface area is 89.5 Å². The fraction of sp³-hybridized carbons (Fsp3) is 0.636. The Hall–Kier alpha value is -0.380. The Bertz CT molecular complexity index is 275. The zero-order valence-electron chi connectivity index (χ0n) is 8.62. The zero-order valence-corrected chi connectivity index (χ0v) is 9.44. The summed E-state index contributed by atoms with van der Waals surface area (Å²) in [6, 6.07) is 2.16. The molecule has 0 spiro atoms. The monoisotopic (exact) mass is 210 g/mol. The average Bonchev–Trinajstić information content (AvgIpc) is 2.87. The first-order valence-electron chi connectivity index (χ1n) is 5.19. The van der Waals surface area contributed by atoms with Gasteiger partial charge < -0.3 is 11.1 Å². The van der Waals surface area contributed by atoms with E-state index in [9.17, 15) is 0 Å². The summed E-state index contributed by atoms with van der Waals surface area (Å²) in [6.45, 7) is 4.03. The number of rotatable bonds is 5. The molecule has 78 valence electrons. The molecule has 0 aliphatic heterocycles. The van der Waals surface area contributed by atoms with Crippen LogP contribution in [0, 0.1) is 5.92 Å². The maximum absolute atomic E-state index is 6.20. The lowest BCUT2D eigenvalue weighted by molar-refractivity contribution is 0.380. The summed E-state index contributed by atoms with van der Waals surface area (Å²) in [5.74, 6) is 0.748. The van der Waals surface area contributed by atoms with Gasteiger partial charge in [-0.1, -0.05) is 0 Å². The van der Waals surface area contributed by atoms with Gasteiger partial charge in [-0.15, -0.1) is 0 Å². The first-order chi connectivity index (χ1) is 6.68. The van der Waals surface area contributed by atoms with Gasteiger partial charge in [-0.25, -0.2) is 0 Å². The molecule has 0 radical (unpaired) electrons. The van der Waals surface area contributed by atoms with Gasteiger partial charge in [-0.05, 0) is 48.1 Å². The van der Waals surface area contributed by atoms with Gasteiger partial charge in [0.15, 0.2) is 0 Å². The third-order valence-electron chi connectivity index (χ3n) is 2.93. The lowest BCUT2D eigenvalue weighted by Crippen LogP contribution is -2.47. The lowest BCUT2D eigenvalue weighted by Gasteiger charge is -2.24. The van der Waals surface area contributed by atoms with E-state index in [1.165, 1.54) is 18.4 Å². The van der Waals surface area contributed by atoms with Gasteiger partial charge in [0.25, 0.3) is 0 Å². The van der Waals surface area contributed by atoms with E-state index in [-0.39, 0.29) is 5.54 Å². The van der Waals surface area contributed by atoms with Crippen LogP contribution in [0.5, 0.6) is 0 Å². The molecule has 1 atom stereocenters. The Morgan fingerprint density at radius 1 is 1.64 bits per heavy atom. The molecular formula is C11H18N2S. The van der Waals surface area contributed by atoms with Gasteiger partial charge in [0.05, 0.1) is 0 Å². The molecule has 3 heteroatoms. The zero-order chi connectivity index (χ0) is 10.0. The molecule has 1 saturated carbocycles. The highest BCUT2D eigenvalue weighted by molar-refractivity contribution is 7.07. The van der Waals surface area contributed by atoms with Crippen LogP contribution < -0.4 is 11.1 Å². The van der Waals surface area contributed by atoms with E-state index in [1.54, 1.807) is 11.3 Å². The third kappa shape index (κ3) is 2.56. The SMILES string of the molecule is CC(N)(CNCc1ccsc1)C1CC1. The topological polar surface area (TPSA) is 38.0 Å². The van der Waals surface area contributed by atoms with Gasteiger partial charge in [0.2, 0.25) is 0 Å². The predicted octanol–water partition coefficient (Wildman–Crippen LogP) is 1.97. The highest BCUT2D eigenvalue weighted by atomic mass is 32.1. The minimum Gasteiger partial charge on any atom is -0.324 e. The highest BCUT2D eigenvalue weighted by Gasteiger charge is 2.37. The van der Waals surface area contributed by atoms with Crippen molar-refractivity contribution in [1.82, 2.24) is 5.32 Å². The smallest absolute Gasteiger partial charge is 0.0280 e. The van der Waals surface area contributed by atoms with Crippen LogP contribution in [0.4, 0.5) is 0 Å². The maximum atomic E-state index is 6.20. The first kappa shape index (κ1) is 10.1. The fourth-order valence-electron chi connectivity index (χ4n) is 1.76. The number of hydrogen-bond acceptors (Lipinski definition) is 3. The summed E-state index contributed by atoms with van der Waals surface area (Å²) in [6.07, 6.45) is 2.63. The van der Waals surface area contributed by atoms with Gasteiger partial charge in [0, 0.05) is 18.6 Å². The van der Waals surface area contributed by atoms with Crippen LogP contribution in [0.1, 0.15) is 25.3 Å². The molecule has 14 heavy (non-hydrogen) atoms. The molecule has 2 nitrogen and oxygen atoms in total. The molecular weight excluding hydrogens is 192 g/mol. The van der Waals surface area contributed by atoms with Gasteiger partial charge in [-0.3, -0.25) is 0 Å². The van der Waals surface area contributed by atoms with Crippen molar-refractivity contribution < 1.29 is 0 Å². The summed E-state index contributed by atoms with van der Waals surface area (Å²) in [5, 5.41) is 7.72. The Balaban J connectivity index is 1.72. The quantitative estimate of drug-likeness (QED) is 0.779. The van der Waals surface area contributed by atoms with E-state index in [2.05, 4.69) is 29.1 Å². The standard InChI is InChI=1S/C11H18N2S/c1-11(12,10-2-3-10)8-13-6-9-4-5-14-7-9/h4-5,7,10,13H,2-3,6,8,12H2,1H3. The number of thiophene rings is 1. The molecule has 1 heterocycles. The van der Waals surface area contributed by atoms with Crippen molar-refractivity contribution >= 4 is 11.3 Å². The Morgan fingerprint density at radius 2 is 2.43 bits per heavy atom. The largest absolute Gasteiger partial charge is 0.324 e. The maximum Gasteiger partial charge on any atom is 0.0280 e. The van der Waals surface area contributed by atoms with Crippen LogP contribution in [0.25, 0.3) is 0 Å². The minimum absolute atomic E-state index is 0.00395. The normalized spacial score (nSPS) is 20.7. The second-order valence-corrected chi connectivity index (χ2v) is 5.30. The Morgan fingerprint density at radius 3 is 3.00 bits per heavy atom. The van der Waals surface area contributed by atoms with Crippen molar-refractivity contribution in [3.05, 3.63) is 22.4 Å². The molecule has 3 N–H and O–H groups in total. The van der Waals surface area contributed by atoms with Gasteiger partial charge in [-0.2, -0.15) is 11.3 Å². The van der Waals surface area contributed by atoms with Crippen LogP contribution in [0.15, 0.2) is 16.8 Å². The van der Waals surface area contributed by atoms with Crippen molar-refractivity contribution in [2.45, 2.75) is 31.8 Å². The number of nitrogens with one attached hydrogen (secondary N) is 1. The van der Waals surface area contributed by atoms with Crippen LogP contribution >= 0.6 is 11.3 Å². The average molecular weight is 210 g/mol. The van der Waals surface area contributed by atoms with Crippen LogP contribution in [-0.4, -0.2) is 12.1 Å². The molecule has 0 bridgehead atoms. The second kappa shape index (κ2) is 4.01. The molecule has 0 saturated heterocycles. The van der Waals surface area contributed by atoms with Crippen molar-refractivity contribution in [2.75, 3.05) is 6.54 Å². The van der Waals surface area contributed by atoms with Crippen molar-refractivity contribution in [2.24, 2.45) is 11.7 Å². The molecule has 1 aromatic heterocycles. The highest BCUT2D eigenvalue weighted by Crippen LogP contribution is 2.37. The van der Waals surface area contributed by atoms with E-state index in [4.69, 9.17) is 5.73 Å². The van der Waals surface area contributed by atoms with Gasteiger partial charge >= 0.3 is 0 Å². The molecule has 1 aromatic rings. The Kier molecular flexibility index (Phi) is 2.91. The van der Waals surface area contributed by atoms with Crippen molar-refractivity contribution in [1.29, 1.82) is 0 Å². The number of hydrogen-bond donors (Lipinski definition) is 2. The van der Waals surface area contributed by atoms with E-state index in [0.29, 0.717) is 0 Å². The number of nitrogens with two attached hydrogens (primary N) is 1.